The largest absolute Gasteiger partial charge is 0.491 e. The summed E-state index contributed by atoms with van der Waals surface area (Å²) >= 11 is 0. The lowest BCUT2D eigenvalue weighted by Gasteiger charge is -2.26. The second-order valence-corrected chi connectivity index (χ2v) is 4.81. The van der Waals surface area contributed by atoms with E-state index in [1.165, 1.54) is 0 Å². The highest BCUT2D eigenvalue weighted by Crippen LogP contribution is 2.21. The van der Waals surface area contributed by atoms with Gasteiger partial charge in [0.1, 0.15) is 12.4 Å². The smallest absolute Gasteiger partial charge is 0.245 e. The number of nitrogens with two attached hydrogens (primary N) is 2. The lowest BCUT2D eigenvalue weighted by atomic mass is 9.91. The minimum absolute atomic E-state index is 0.00417. The van der Waals surface area contributed by atoms with Crippen molar-refractivity contribution in [1.29, 1.82) is 0 Å². The number of carbonyl (C=O) groups is 1. The highest BCUT2D eigenvalue weighted by Gasteiger charge is 2.35. The van der Waals surface area contributed by atoms with E-state index in [1.807, 2.05) is 49.4 Å². The van der Waals surface area contributed by atoms with E-state index in [9.17, 15) is 4.79 Å². The SMILES string of the molecule is Cc1cccc(OCC(N)(C(N)=O)c2ccccc2)c1. The van der Waals surface area contributed by atoms with Crippen LogP contribution in [-0.4, -0.2) is 12.5 Å². The van der Waals surface area contributed by atoms with Crippen LogP contribution < -0.4 is 16.2 Å². The van der Waals surface area contributed by atoms with Crippen molar-refractivity contribution in [2.45, 2.75) is 12.5 Å². The number of aryl methyl sites for hydroxylation is 1. The summed E-state index contributed by atoms with van der Waals surface area (Å²) in [4.78, 5) is 11.7. The highest BCUT2D eigenvalue weighted by atomic mass is 16.5. The number of ether oxygens (including phenoxy) is 1. The third kappa shape index (κ3) is 2.97. The van der Waals surface area contributed by atoms with Gasteiger partial charge >= 0.3 is 0 Å². The van der Waals surface area contributed by atoms with E-state index < -0.39 is 11.4 Å². The van der Waals surface area contributed by atoms with Gasteiger partial charge in [0.25, 0.3) is 0 Å². The van der Waals surface area contributed by atoms with Gasteiger partial charge in [0.15, 0.2) is 5.54 Å². The van der Waals surface area contributed by atoms with Crippen molar-refractivity contribution in [3.8, 4) is 5.75 Å². The molecule has 4 nitrogen and oxygen atoms in total. The van der Waals surface area contributed by atoms with Crippen molar-refractivity contribution < 1.29 is 9.53 Å². The van der Waals surface area contributed by atoms with Gasteiger partial charge in [0.2, 0.25) is 5.91 Å². The summed E-state index contributed by atoms with van der Waals surface area (Å²) in [5, 5.41) is 0. The first-order chi connectivity index (χ1) is 9.52. The first kappa shape index (κ1) is 14.1. The molecule has 20 heavy (non-hydrogen) atoms. The molecule has 0 spiro atoms. The molecule has 0 aliphatic heterocycles. The van der Waals surface area contributed by atoms with Crippen LogP contribution in [0.25, 0.3) is 0 Å². The van der Waals surface area contributed by atoms with Gasteiger partial charge in [-0.2, -0.15) is 0 Å². The summed E-state index contributed by atoms with van der Waals surface area (Å²) in [5.74, 6) is 0.0494. The van der Waals surface area contributed by atoms with Gasteiger partial charge in [-0.1, -0.05) is 42.5 Å². The predicted molar refractivity (Wildman–Crippen MR) is 78.2 cm³/mol. The van der Waals surface area contributed by atoms with Crippen LogP contribution in [-0.2, 0) is 10.3 Å². The van der Waals surface area contributed by atoms with Crippen molar-refractivity contribution in [3.63, 3.8) is 0 Å². The monoisotopic (exact) mass is 270 g/mol. The molecule has 0 fully saturated rings. The Labute approximate surface area is 118 Å². The topological polar surface area (TPSA) is 78.3 Å². The fourth-order valence-electron chi connectivity index (χ4n) is 1.93. The zero-order valence-electron chi connectivity index (χ0n) is 11.4. The van der Waals surface area contributed by atoms with Crippen molar-refractivity contribution in [2.75, 3.05) is 6.61 Å². The van der Waals surface area contributed by atoms with Crippen LogP contribution in [0.3, 0.4) is 0 Å². The summed E-state index contributed by atoms with van der Waals surface area (Å²) in [6, 6.07) is 16.6. The Morgan fingerprint density at radius 2 is 1.85 bits per heavy atom. The van der Waals surface area contributed by atoms with Gasteiger partial charge in [-0.3, -0.25) is 4.79 Å². The van der Waals surface area contributed by atoms with E-state index in [4.69, 9.17) is 16.2 Å². The molecule has 4 heteroatoms. The third-order valence-corrected chi connectivity index (χ3v) is 3.18. The van der Waals surface area contributed by atoms with Gasteiger partial charge in [0, 0.05) is 0 Å². The van der Waals surface area contributed by atoms with Crippen molar-refractivity contribution >= 4 is 5.91 Å². The highest BCUT2D eigenvalue weighted by molar-refractivity contribution is 5.86. The maximum absolute atomic E-state index is 11.7. The fourth-order valence-corrected chi connectivity index (χ4v) is 1.93. The summed E-state index contributed by atoms with van der Waals surface area (Å²) in [5.41, 5.74) is 12.0. The van der Waals surface area contributed by atoms with E-state index in [0.29, 0.717) is 11.3 Å². The normalized spacial score (nSPS) is 13.5. The van der Waals surface area contributed by atoms with Crippen LogP contribution in [0.15, 0.2) is 54.6 Å². The molecule has 2 aromatic carbocycles. The van der Waals surface area contributed by atoms with Crippen molar-refractivity contribution in [3.05, 3.63) is 65.7 Å². The maximum atomic E-state index is 11.7. The standard InChI is InChI=1S/C16H18N2O2/c1-12-6-5-9-14(10-12)20-11-16(18,15(17)19)13-7-3-2-4-8-13/h2-10H,11,18H2,1H3,(H2,17,19). The van der Waals surface area contributed by atoms with Crippen molar-refractivity contribution in [1.82, 2.24) is 0 Å². The third-order valence-electron chi connectivity index (χ3n) is 3.18. The summed E-state index contributed by atoms with van der Waals surface area (Å²) in [6.45, 7) is 1.96. The Balaban J connectivity index is 2.20. The second-order valence-electron chi connectivity index (χ2n) is 4.81. The summed E-state index contributed by atoms with van der Waals surface area (Å²) < 4.78 is 5.64. The molecule has 0 aliphatic carbocycles. The molecule has 0 radical (unpaired) electrons. The number of rotatable bonds is 5. The van der Waals surface area contributed by atoms with Crippen LogP contribution in [0.2, 0.25) is 0 Å². The Bertz CT molecular complexity index is 598. The molecule has 0 aromatic heterocycles. The van der Waals surface area contributed by atoms with E-state index in [1.54, 1.807) is 12.1 Å². The number of amides is 1. The molecule has 4 N–H and O–H groups in total. The Morgan fingerprint density at radius 3 is 2.45 bits per heavy atom. The zero-order valence-corrected chi connectivity index (χ0v) is 11.4. The molecule has 1 atom stereocenters. The van der Waals surface area contributed by atoms with E-state index in [0.717, 1.165) is 5.56 Å². The molecule has 1 unspecified atom stereocenters. The Morgan fingerprint density at radius 1 is 1.15 bits per heavy atom. The molecule has 0 saturated carbocycles. The van der Waals surface area contributed by atoms with Crippen LogP contribution in [0, 0.1) is 6.92 Å². The minimum atomic E-state index is -1.34. The van der Waals surface area contributed by atoms with Gasteiger partial charge < -0.3 is 16.2 Å². The quantitative estimate of drug-likeness (QED) is 0.868. The molecule has 0 aliphatic rings. The van der Waals surface area contributed by atoms with Gasteiger partial charge in [0.05, 0.1) is 0 Å². The lowest BCUT2D eigenvalue weighted by molar-refractivity contribution is -0.124. The van der Waals surface area contributed by atoms with E-state index in [2.05, 4.69) is 0 Å². The number of hydrogen-bond acceptors (Lipinski definition) is 3. The number of carbonyl (C=O) groups excluding carboxylic acids is 1. The number of benzene rings is 2. The predicted octanol–water partition coefficient (Wildman–Crippen LogP) is 1.71. The maximum Gasteiger partial charge on any atom is 0.245 e. The molecule has 0 heterocycles. The van der Waals surface area contributed by atoms with Gasteiger partial charge in [-0.05, 0) is 30.2 Å². The van der Waals surface area contributed by atoms with Crippen LogP contribution in [0.4, 0.5) is 0 Å². The average molecular weight is 270 g/mol. The first-order valence-corrected chi connectivity index (χ1v) is 6.36. The number of hydrogen-bond donors (Lipinski definition) is 2. The second kappa shape index (κ2) is 5.75. The number of primary amides is 1. The molecule has 104 valence electrons. The first-order valence-electron chi connectivity index (χ1n) is 6.36. The fraction of sp³-hybridized carbons (Fsp3) is 0.188. The van der Waals surface area contributed by atoms with Gasteiger partial charge in [-0.15, -0.1) is 0 Å². The molecule has 2 aromatic rings. The average Bonchev–Trinajstić information content (AvgIpc) is 2.45. The Hall–Kier alpha value is -2.33. The lowest BCUT2D eigenvalue weighted by Crippen LogP contribution is -2.53. The minimum Gasteiger partial charge on any atom is -0.491 e. The molecular weight excluding hydrogens is 252 g/mol. The van der Waals surface area contributed by atoms with E-state index >= 15 is 0 Å². The summed E-state index contributed by atoms with van der Waals surface area (Å²) in [6.07, 6.45) is 0. The van der Waals surface area contributed by atoms with Gasteiger partial charge in [-0.25, -0.2) is 0 Å². The van der Waals surface area contributed by atoms with E-state index in [-0.39, 0.29) is 6.61 Å². The van der Waals surface area contributed by atoms with Crippen molar-refractivity contribution in [2.24, 2.45) is 11.5 Å². The Kier molecular flexibility index (Phi) is 4.05. The molecule has 2 rings (SSSR count). The molecule has 1 amide bonds. The molecule has 0 bridgehead atoms. The summed E-state index contributed by atoms with van der Waals surface area (Å²) in [7, 11) is 0. The van der Waals surface area contributed by atoms with Crippen LogP contribution in [0.5, 0.6) is 5.75 Å². The molecule has 0 saturated heterocycles. The van der Waals surface area contributed by atoms with Crippen LogP contribution in [0.1, 0.15) is 11.1 Å². The zero-order chi connectivity index (χ0) is 14.6. The van der Waals surface area contributed by atoms with Crippen LogP contribution >= 0.6 is 0 Å². The molecular formula is C16H18N2O2.